The molecule has 1 fully saturated rings. The van der Waals surface area contributed by atoms with Crippen LogP contribution in [-0.4, -0.2) is 57.3 Å². The van der Waals surface area contributed by atoms with Gasteiger partial charge in [0.05, 0.1) is 10.9 Å². The zero-order chi connectivity index (χ0) is 23.6. The Balaban J connectivity index is 1.34. The van der Waals surface area contributed by atoms with Crippen molar-refractivity contribution >= 4 is 15.9 Å². The quantitative estimate of drug-likeness (QED) is 0.671. The molecule has 8 heteroatoms. The summed E-state index contributed by atoms with van der Waals surface area (Å²) in [5.74, 6) is -0.609. The van der Waals surface area contributed by atoms with Gasteiger partial charge in [0.2, 0.25) is 15.9 Å². The molecule has 2 aromatic rings. The lowest BCUT2D eigenvalue weighted by Crippen LogP contribution is -2.44. The maximum atomic E-state index is 13.6. The molecule has 1 N–H and O–H groups in total. The van der Waals surface area contributed by atoms with E-state index in [4.69, 9.17) is 0 Å². The number of rotatable bonds is 7. The second-order valence-electron chi connectivity index (χ2n) is 9.24. The van der Waals surface area contributed by atoms with E-state index in [1.54, 1.807) is 12.1 Å². The van der Waals surface area contributed by atoms with Crippen molar-refractivity contribution in [2.45, 2.75) is 43.0 Å². The van der Waals surface area contributed by atoms with Crippen LogP contribution in [0, 0.1) is 11.7 Å². The van der Waals surface area contributed by atoms with E-state index in [2.05, 4.69) is 5.32 Å². The van der Waals surface area contributed by atoms with E-state index >= 15 is 0 Å². The number of fused-ring (bicyclic) bond motifs is 1. The standard InChI is InChI=1S/C25H32FN3O3S/c1-28(2)24(21-7-4-8-22(26)15-21)17-27-25(30)19-11-13-29(14-12-19)33(31,32)23-10-9-18-5-3-6-20(18)16-23/h4,7-10,15-16,19,24H,3,5-6,11-14,17H2,1-2H3,(H,27,30). The van der Waals surface area contributed by atoms with Gasteiger partial charge in [-0.1, -0.05) is 18.2 Å². The van der Waals surface area contributed by atoms with Gasteiger partial charge >= 0.3 is 0 Å². The molecule has 1 aliphatic heterocycles. The third-order valence-electron chi connectivity index (χ3n) is 6.86. The maximum Gasteiger partial charge on any atom is 0.243 e. The minimum absolute atomic E-state index is 0.0761. The van der Waals surface area contributed by atoms with Gasteiger partial charge in [-0.2, -0.15) is 4.31 Å². The van der Waals surface area contributed by atoms with Gasteiger partial charge in [0.15, 0.2) is 0 Å². The Kier molecular flexibility index (Phi) is 7.16. The van der Waals surface area contributed by atoms with Crippen LogP contribution in [-0.2, 0) is 27.7 Å². The second-order valence-corrected chi connectivity index (χ2v) is 11.2. The Labute approximate surface area is 195 Å². The van der Waals surface area contributed by atoms with Gasteiger partial charge in [0.1, 0.15) is 5.82 Å². The predicted octanol–water partition coefficient (Wildman–Crippen LogP) is 3.13. The molecule has 0 saturated carbocycles. The number of carbonyl (C=O) groups excluding carboxylic acids is 1. The topological polar surface area (TPSA) is 69.7 Å². The highest BCUT2D eigenvalue weighted by Gasteiger charge is 2.33. The normalized spacial score (nSPS) is 18.3. The Bertz CT molecular complexity index is 1110. The number of carbonyl (C=O) groups is 1. The van der Waals surface area contributed by atoms with Crippen LogP contribution in [0.5, 0.6) is 0 Å². The van der Waals surface area contributed by atoms with Gasteiger partial charge in [-0.25, -0.2) is 12.8 Å². The number of sulfonamides is 1. The van der Waals surface area contributed by atoms with E-state index in [9.17, 15) is 17.6 Å². The molecule has 1 heterocycles. The highest BCUT2D eigenvalue weighted by molar-refractivity contribution is 7.89. The third kappa shape index (κ3) is 5.28. The molecule has 0 bridgehead atoms. The number of piperidine rings is 1. The molecule has 4 rings (SSSR count). The van der Waals surface area contributed by atoms with Crippen LogP contribution in [0.3, 0.4) is 0 Å². The van der Waals surface area contributed by atoms with E-state index < -0.39 is 10.0 Å². The minimum Gasteiger partial charge on any atom is -0.354 e. The molecule has 2 aliphatic rings. The lowest BCUT2D eigenvalue weighted by Gasteiger charge is -2.31. The van der Waals surface area contributed by atoms with Crippen LogP contribution in [0.25, 0.3) is 0 Å². The SMILES string of the molecule is CN(C)C(CNC(=O)C1CCN(S(=O)(=O)c2ccc3c(c2)CCC3)CC1)c1cccc(F)c1. The van der Waals surface area contributed by atoms with E-state index in [1.165, 1.54) is 22.0 Å². The average Bonchev–Trinajstić information content (AvgIpc) is 3.27. The van der Waals surface area contributed by atoms with E-state index in [1.807, 2.05) is 37.2 Å². The maximum absolute atomic E-state index is 13.6. The van der Waals surface area contributed by atoms with E-state index in [-0.39, 0.29) is 23.7 Å². The summed E-state index contributed by atoms with van der Waals surface area (Å²) in [6, 6.07) is 11.7. The summed E-state index contributed by atoms with van der Waals surface area (Å²) < 4.78 is 41.4. The van der Waals surface area contributed by atoms with Crippen molar-refractivity contribution in [1.29, 1.82) is 0 Å². The van der Waals surface area contributed by atoms with Gasteiger partial charge in [0.25, 0.3) is 0 Å². The van der Waals surface area contributed by atoms with Gasteiger partial charge in [-0.15, -0.1) is 0 Å². The van der Waals surface area contributed by atoms with E-state index in [0.29, 0.717) is 37.4 Å². The van der Waals surface area contributed by atoms with Crippen LogP contribution in [0.15, 0.2) is 47.4 Å². The molecule has 2 aromatic carbocycles. The number of amides is 1. The van der Waals surface area contributed by atoms with Gasteiger partial charge in [-0.3, -0.25) is 4.79 Å². The van der Waals surface area contributed by atoms with Crippen LogP contribution >= 0.6 is 0 Å². The first kappa shape index (κ1) is 23.9. The largest absolute Gasteiger partial charge is 0.354 e. The molecule has 1 saturated heterocycles. The highest BCUT2D eigenvalue weighted by Crippen LogP contribution is 2.29. The van der Waals surface area contributed by atoms with Crippen LogP contribution < -0.4 is 5.32 Å². The van der Waals surface area contributed by atoms with Crippen LogP contribution in [0.2, 0.25) is 0 Å². The lowest BCUT2D eigenvalue weighted by atomic mass is 9.97. The van der Waals surface area contributed by atoms with Crippen molar-refractivity contribution in [3.63, 3.8) is 0 Å². The molecule has 0 aromatic heterocycles. The van der Waals surface area contributed by atoms with Gasteiger partial charge in [-0.05, 0) is 87.2 Å². The Morgan fingerprint density at radius 2 is 1.85 bits per heavy atom. The molecule has 1 aliphatic carbocycles. The number of hydrogen-bond donors (Lipinski definition) is 1. The lowest BCUT2D eigenvalue weighted by molar-refractivity contribution is -0.126. The molecule has 1 amide bonds. The van der Waals surface area contributed by atoms with Crippen LogP contribution in [0.4, 0.5) is 4.39 Å². The summed E-state index contributed by atoms with van der Waals surface area (Å²) in [4.78, 5) is 15.1. The highest BCUT2D eigenvalue weighted by atomic mass is 32.2. The molecule has 178 valence electrons. The smallest absolute Gasteiger partial charge is 0.243 e. The van der Waals surface area contributed by atoms with Crippen molar-refractivity contribution in [1.82, 2.24) is 14.5 Å². The average molecular weight is 474 g/mol. The molecular weight excluding hydrogens is 441 g/mol. The number of halogens is 1. The van der Waals surface area contributed by atoms with E-state index in [0.717, 1.165) is 30.4 Å². The Morgan fingerprint density at radius 3 is 2.55 bits per heavy atom. The monoisotopic (exact) mass is 473 g/mol. The van der Waals surface area contributed by atoms with Crippen molar-refractivity contribution in [3.05, 3.63) is 65.0 Å². The van der Waals surface area contributed by atoms with Crippen molar-refractivity contribution in [3.8, 4) is 0 Å². The summed E-state index contributed by atoms with van der Waals surface area (Å²) in [5, 5.41) is 2.99. The summed E-state index contributed by atoms with van der Waals surface area (Å²) in [7, 11) is 0.235. The fourth-order valence-electron chi connectivity index (χ4n) is 4.87. The number of nitrogens with one attached hydrogen (secondary N) is 1. The fourth-order valence-corrected chi connectivity index (χ4v) is 6.39. The molecular formula is C25H32FN3O3S. The number of hydrogen-bond acceptors (Lipinski definition) is 4. The first-order valence-corrected chi connectivity index (χ1v) is 13.0. The molecule has 0 radical (unpaired) electrons. The Morgan fingerprint density at radius 1 is 1.12 bits per heavy atom. The van der Waals surface area contributed by atoms with Gasteiger partial charge in [0, 0.05) is 25.6 Å². The third-order valence-corrected chi connectivity index (χ3v) is 8.75. The minimum atomic E-state index is -3.55. The molecule has 33 heavy (non-hydrogen) atoms. The second kappa shape index (κ2) is 9.91. The fraction of sp³-hybridized carbons (Fsp3) is 0.480. The van der Waals surface area contributed by atoms with Crippen molar-refractivity contribution in [2.75, 3.05) is 33.7 Å². The molecule has 6 nitrogen and oxygen atoms in total. The Hall–Kier alpha value is -2.29. The molecule has 1 atom stereocenters. The summed E-state index contributed by atoms with van der Waals surface area (Å²) in [5.41, 5.74) is 3.19. The zero-order valence-corrected chi connectivity index (χ0v) is 20.1. The summed E-state index contributed by atoms with van der Waals surface area (Å²) in [6.07, 6.45) is 4.01. The first-order valence-electron chi connectivity index (χ1n) is 11.6. The predicted molar refractivity (Wildman–Crippen MR) is 126 cm³/mol. The number of benzene rings is 2. The number of aryl methyl sites for hydroxylation is 2. The van der Waals surface area contributed by atoms with Crippen molar-refractivity contribution < 1.29 is 17.6 Å². The molecule has 0 spiro atoms. The zero-order valence-electron chi connectivity index (χ0n) is 19.3. The van der Waals surface area contributed by atoms with Crippen molar-refractivity contribution in [2.24, 2.45) is 5.92 Å². The summed E-state index contributed by atoms with van der Waals surface area (Å²) in [6.45, 7) is 1.03. The number of nitrogens with zero attached hydrogens (tertiary/aromatic N) is 2. The number of likely N-dealkylation sites (N-methyl/N-ethyl adjacent to an activating group) is 1. The molecule has 1 unspecified atom stereocenters. The van der Waals surface area contributed by atoms with Crippen LogP contribution in [0.1, 0.15) is 42.0 Å². The van der Waals surface area contributed by atoms with Gasteiger partial charge < -0.3 is 10.2 Å². The first-order chi connectivity index (χ1) is 15.8. The summed E-state index contributed by atoms with van der Waals surface area (Å²) >= 11 is 0.